The highest BCUT2D eigenvalue weighted by Crippen LogP contribution is 2.31. The molecule has 0 spiro atoms. The lowest BCUT2D eigenvalue weighted by molar-refractivity contribution is -0.0262. The lowest BCUT2D eigenvalue weighted by atomic mass is 10.1. The summed E-state index contributed by atoms with van der Waals surface area (Å²) in [5.41, 5.74) is 0.856. The van der Waals surface area contributed by atoms with Crippen molar-refractivity contribution in [3.8, 4) is 0 Å². The van der Waals surface area contributed by atoms with E-state index in [9.17, 15) is 8.78 Å². The maximum atomic E-state index is 12.5. The molecule has 0 saturated carbocycles. The van der Waals surface area contributed by atoms with Crippen LogP contribution in [0.1, 0.15) is 0 Å². The molecule has 1 heterocycles. The van der Waals surface area contributed by atoms with Crippen LogP contribution < -0.4 is 4.90 Å². The molecule has 70 valence electrons. The van der Waals surface area contributed by atoms with E-state index in [0.717, 1.165) is 10.2 Å². The first-order valence-electron chi connectivity index (χ1n) is 3.95. The third-order valence-corrected chi connectivity index (χ3v) is 2.56. The van der Waals surface area contributed by atoms with Crippen molar-refractivity contribution in [1.29, 1.82) is 0 Å². The highest BCUT2D eigenvalue weighted by Gasteiger charge is 2.43. The van der Waals surface area contributed by atoms with E-state index in [1.807, 2.05) is 24.3 Å². The zero-order valence-electron chi connectivity index (χ0n) is 6.80. The molecule has 0 radical (unpaired) electrons. The zero-order chi connectivity index (χ0) is 9.47. The molecule has 4 heteroatoms. The van der Waals surface area contributed by atoms with Gasteiger partial charge in [0.05, 0.1) is 13.1 Å². The summed E-state index contributed by atoms with van der Waals surface area (Å²) in [6, 6.07) is 7.37. The van der Waals surface area contributed by atoms with Crippen molar-refractivity contribution in [2.24, 2.45) is 0 Å². The molecule has 2 rings (SSSR count). The lowest BCUT2D eigenvalue weighted by Crippen LogP contribution is -2.56. The second-order valence-electron chi connectivity index (χ2n) is 3.19. The molecule has 0 bridgehead atoms. The van der Waals surface area contributed by atoms with Gasteiger partial charge in [-0.2, -0.15) is 0 Å². The molecule has 1 aromatic rings. The van der Waals surface area contributed by atoms with Crippen molar-refractivity contribution in [1.82, 2.24) is 0 Å². The van der Waals surface area contributed by atoms with Gasteiger partial charge in [0.15, 0.2) is 0 Å². The van der Waals surface area contributed by atoms with Crippen molar-refractivity contribution in [2.45, 2.75) is 5.92 Å². The molecule has 1 aromatic carbocycles. The smallest absolute Gasteiger partial charge is 0.282 e. The Bertz CT molecular complexity index is 302. The van der Waals surface area contributed by atoms with Crippen molar-refractivity contribution in [3.05, 3.63) is 28.7 Å². The zero-order valence-corrected chi connectivity index (χ0v) is 8.39. The quantitative estimate of drug-likeness (QED) is 0.738. The predicted molar refractivity (Wildman–Crippen MR) is 51.3 cm³/mol. The first kappa shape index (κ1) is 8.94. The normalized spacial score (nSPS) is 19.8. The van der Waals surface area contributed by atoms with Crippen molar-refractivity contribution >= 4 is 21.6 Å². The number of anilines is 1. The Hall–Kier alpha value is -0.640. The van der Waals surface area contributed by atoms with Crippen LogP contribution >= 0.6 is 15.9 Å². The van der Waals surface area contributed by atoms with Gasteiger partial charge in [-0.05, 0) is 24.3 Å². The molecular weight excluding hydrogens is 240 g/mol. The van der Waals surface area contributed by atoms with Crippen LogP contribution in [0.2, 0.25) is 0 Å². The molecule has 1 aliphatic heterocycles. The van der Waals surface area contributed by atoms with Crippen molar-refractivity contribution in [3.63, 3.8) is 0 Å². The largest absolute Gasteiger partial charge is 0.359 e. The van der Waals surface area contributed by atoms with E-state index in [4.69, 9.17) is 0 Å². The minimum absolute atomic E-state index is 0.158. The second kappa shape index (κ2) is 2.94. The Balaban J connectivity index is 2.08. The molecule has 0 unspecified atom stereocenters. The SMILES string of the molecule is FC1(F)CN(c2ccc(Br)cc2)C1. The van der Waals surface area contributed by atoms with Gasteiger partial charge < -0.3 is 4.90 Å². The van der Waals surface area contributed by atoms with Crippen LogP contribution in [-0.2, 0) is 0 Å². The summed E-state index contributed by atoms with van der Waals surface area (Å²) >= 11 is 3.29. The molecule has 1 nitrogen and oxygen atoms in total. The monoisotopic (exact) mass is 247 g/mol. The van der Waals surface area contributed by atoms with Gasteiger partial charge in [-0.1, -0.05) is 15.9 Å². The van der Waals surface area contributed by atoms with E-state index in [0.29, 0.717) is 0 Å². The van der Waals surface area contributed by atoms with E-state index < -0.39 is 5.92 Å². The fourth-order valence-corrected chi connectivity index (χ4v) is 1.61. The number of nitrogens with zero attached hydrogens (tertiary/aromatic N) is 1. The molecule has 1 fully saturated rings. The molecule has 0 aliphatic carbocycles. The Kier molecular flexibility index (Phi) is 2.02. The topological polar surface area (TPSA) is 3.24 Å². The summed E-state index contributed by atoms with van der Waals surface area (Å²) in [5.74, 6) is -2.49. The first-order chi connectivity index (χ1) is 6.07. The van der Waals surface area contributed by atoms with E-state index in [2.05, 4.69) is 15.9 Å². The van der Waals surface area contributed by atoms with Gasteiger partial charge in [-0.15, -0.1) is 0 Å². The predicted octanol–water partition coefficient (Wildman–Crippen LogP) is 2.90. The number of benzene rings is 1. The summed E-state index contributed by atoms with van der Waals surface area (Å²) in [7, 11) is 0. The number of hydrogen-bond acceptors (Lipinski definition) is 1. The van der Waals surface area contributed by atoms with E-state index >= 15 is 0 Å². The minimum Gasteiger partial charge on any atom is -0.359 e. The molecule has 0 N–H and O–H groups in total. The van der Waals surface area contributed by atoms with E-state index in [1.165, 1.54) is 0 Å². The molecule has 13 heavy (non-hydrogen) atoms. The Labute approximate surface area is 83.5 Å². The lowest BCUT2D eigenvalue weighted by Gasteiger charge is -2.40. The fourth-order valence-electron chi connectivity index (χ4n) is 1.35. The van der Waals surface area contributed by atoms with Crippen LogP contribution in [0.25, 0.3) is 0 Å². The number of halogens is 3. The van der Waals surface area contributed by atoms with Gasteiger partial charge >= 0.3 is 0 Å². The summed E-state index contributed by atoms with van der Waals surface area (Å²) in [6.07, 6.45) is 0. The van der Waals surface area contributed by atoms with Gasteiger partial charge in [0.2, 0.25) is 0 Å². The van der Waals surface area contributed by atoms with E-state index in [-0.39, 0.29) is 13.1 Å². The van der Waals surface area contributed by atoms with Gasteiger partial charge in [-0.25, -0.2) is 8.78 Å². The van der Waals surface area contributed by atoms with Crippen LogP contribution in [0.4, 0.5) is 14.5 Å². The summed E-state index contributed by atoms with van der Waals surface area (Å²) < 4.78 is 26.0. The second-order valence-corrected chi connectivity index (χ2v) is 4.10. The summed E-state index contributed by atoms with van der Waals surface area (Å²) in [4.78, 5) is 1.66. The average molecular weight is 248 g/mol. The van der Waals surface area contributed by atoms with Crippen LogP contribution in [0, 0.1) is 0 Å². The minimum atomic E-state index is -2.49. The van der Waals surface area contributed by atoms with Crippen LogP contribution in [0.3, 0.4) is 0 Å². The van der Waals surface area contributed by atoms with Crippen molar-refractivity contribution in [2.75, 3.05) is 18.0 Å². The van der Waals surface area contributed by atoms with Crippen LogP contribution in [-0.4, -0.2) is 19.0 Å². The number of rotatable bonds is 1. The van der Waals surface area contributed by atoms with Gasteiger partial charge in [0.25, 0.3) is 5.92 Å². The maximum absolute atomic E-state index is 12.5. The van der Waals surface area contributed by atoms with Crippen LogP contribution in [0.5, 0.6) is 0 Å². The van der Waals surface area contributed by atoms with Crippen molar-refractivity contribution < 1.29 is 8.78 Å². The molecule has 0 amide bonds. The van der Waals surface area contributed by atoms with Gasteiger partial charge in [0.1, 0.15) is 0 Å². The molecule has 1 aliphatic rings. The third-order valence-electron chi connectivity index (χ3n) is 2.04. The highest BCUT2D eigenvalue weighted by atomic mass is 79.9. The number of alkyl halides is 2. The Morgan fingerprint density at radius 2 is 1.69 bits per heavy atom. The van der Waals surface area contributed by atoms with Gasteiger partial charge in [-0.3, -0.25) is 0 Å². The maximum Gasteiger partial charge on any atom is 0.282 e. The Morgan fingerprint density at radius 3 is 2.15 bits per heavy atom. The molecule has 1 saturated heterocycles. The highest BCUT2D eigenvalue weighted by molar-refractivity contribution is 9.10. The summed E-state index contributed by atoms with van der Waals surface area (Å²) in [5, 5.41) is 0. The Morgan fingerprint density at radius 1 is 1.15 bits per heavy atom. The summed E-state index contributed by atoms with van der Waals surface area (Å²) in [6.45, 7) is -0.316. The van der Waals surface area contributed by atoms with Crippen LogP contribution in [0.15, 0.2) is 28.7 Å². The fraction of sp³-hybridized carbons (Fsp3) is 0.333. The van der Waals surface area contributed by atoms with Gasteiger partial charge in [0, 0.05) is 10.2 Å². The molecular formula is C9H8BrF2N. The standard InChI is InChI=1S/C9H8BrF2N/c10-7-1-3-8(4-2-7)13-5-9(11,12)6-13/h1-4H,5-6H2. The average Bonchev–Trinajstić information content (AvgIpc) is 2.01. The molecule has 0 atom stereocenters. The third kappa shape index (κ3) is 1.82. The molecule has 0 aromatic heterocycles. The number of hydrogen-bond donors (Lipinski definition) is 0. The van der Waals surface area contributed by atoms with E-state index in [1.54, 1.807) is 4.90 Å². The first-order valence-corrected chi connectivity index (χ1v) is 4.74.